The van der Waals surface area contributed by atoms with E-state index in [2.05, 4.69) is 38.7 Å². The van der Waals surface area contributed by atoms with Gasteiger partial charge in [-0.1, -0.05) is 27.7 Å². The largest absolute Gasteiger partial charge is 0.369 e. The van der Waals surface area contributed by atoms with Crippen molar-refractivity contribution in [3.8, 4) is 0 Å². The second-order valence-corrected chi connectivity index (χ2v) is 7.93. The van der Waals surface area contributed by atoms with Crippen LogP contribution in [0.5, 0.6) is 0 Å². The minimum Gasteiger partial charge on any atom is -0.369 e. The summed E-state index contributed by atoms with van der Waals surface area (Å²) < 4.78 is 14.7. The predicted molar refractivity (Wildman–Crippen MR) is 92.2 cm³/mol. The van der Waals surface area contributed by atoms with Gasteiger partial charge in [0, 0.05) is 13.1 Å². The van der Waals surface area contributed by atoms with E-state index in [1.807, 2.05) is 6.07 Å². The van der Waals surface area contributed by atoms with Crippen molar-refractivity contribution < 1.29 is 4.39 Å². The maximum atomic E-state index is 14.7. The van der Waals surface area contributed by atoms with Crippen molar-refractivity contribution in [3.05, 3.63) is 29.1 Å². The average Bonchev–Trinajstić information content (AvgIpc) is 3.31. The number of hydrogen-bond donors (Lipinski definition) is 0. The Kier molecular flexibility index (Phi) is 4.47. The molecule has 1 aromatic rings. The lowest BCUT2D eigenvalue weighted by atomic mass is 9.86. The van der Waals surface area contributed by atoms with Crippen molar-refractivity contribution in [2.75, 3.05) is 18.0 Å². The first-order chi connectivity index (χ1) is 10.5. The maximum absolute atomic E-state index is 14.7. The number of piperidine rings is 1. The quantitative estimate of drug-likeness (QED) is 0.689. The molecule has 0 atom stereocenters. The van der Waals surface area contributed by atoms with Crippen LogP contribution in [0.1, 0.15) is 76.3 Å². The van der Waals surface area contributed by atoms with Crippen molar-refractivity contribution >= 4 is 5.69 Å². The molecule has 2 aliphatic rings. The number of nitrogens with zero attached hydrogens (tertiary/aromatic N) is 1. The molecule has 0 N–H and O–H groups in total. The number of halogens is 1. The fourth-order valence-corrected chi connectivity index (χ4v) is 3.89. The minimum atomic E-state index is -0.0175. The minimum absolute atomic E-state index is 0.0175. The van der Waals surface area contributed by atoms with Crippen LogP contribution < -0.4 is 4.90 Å². The molecule has 1 aliphatic carbocycles. The molecular weight excluding hydrogens is 273 g/mol. The molecule has 1 saturated heterocycles. The summed E-state index contributed by atoms with van der Waals surface area (Å²) in [5.41, 5.74) is 3.49. The van der Waals surface area contributed by atoms with Crippen LogP contribution >= 0.6 is 0 Å². The van der Waals surface area contributed by atoms with E-state index in [4.69, 9.17) is 0 Å². The highest BCUT2D eigenvalue weighted by molar-refractivity contribution is 5.55. The Morgan fingerprint density at radius 2 is 1.64 bits per heavy atom. The Labute approximate surface area is 134 Å². The van der Waals surface area contributed by atoms with Gasteiger partial charge in [-0.3, -0.25) is 0 Å². The number of benzene rings is 1. The van der Waals surface area contributed by atoms with Crippen LogP contribution in [0.3, 0.4) is 0 Å². The normalized spacial score (nSPS) is 20.2. The van der Waals surface area contributed by atoms with Crippen LogP contribution in [0.25, 0.3) is 0 Å². The number of hydrogen-bond acceptors (Lipinski definition) is 1. The lowest BCUT2D eigenvalue weighted by Crippen LogP contribution is -2.35. The molecule has 0 aromatic heterocycles. The highest BCUT2D eigenvalue weighted by Crippen LogP contribution is 2.45. The molecule has 2 fully saturated rings. The van der Waals surface area contributed by atoms with Gasteiger partial charge in [-0.2, -0.15) is 0 Å². The van der Waals surface area contributed by atoms with Gasteiger partial charge in [0.15, 0.2) is 0 Å². The highest BCUT2D eigenvalue weighted by atomic mass is 19.1. The summed E-state index contributed by atoms with van der Waals surface area (Å²) in [4.78, 5) is 2.28. The molecule has 2 heteroatoms. The average molecular weight is 303 g/mol. The van der Waals surface area contributed by atoms with E-state index in [1.54, 1.807) is 0 Å². The molecule has 1 heterocycles. The zero-order valence-electron chi connectivity index (χ0n) is 14.5. The van der Waals surface area contributed by atoms with E-state index in [0.717, 1.165) is 30.6 Å². The van der Waals surface area contributed by atoms with Crippen molar-refractivity contribution in [2.24, 2.45) is 11.8 Å². The lowest BCUT2D eigenvalue weighted by molar-refractivity contribution is 0.310. The van der Waals surface area contributed by atoms with Crippen LogP contribution in [-0.2, 0) is 0 Å². The summed E-state index contributed by atoms with van der Waals surface area (Å²) in [6.45, 7) is 11.0. The van der Waals surface area contributed by atoms with Crippen LogP contribution in [0.4, 0.5) is 10.1 Å². The Morgan fingerprint density at radius 1 is 1.00 bits per heavy atom. The molecule has 3 rings (SSSR count). The van der Waals surface area contributed by atoms with E-state index in [9.17, 15) is 4.39 Å². The molecule has 1 aromatic carbocycles. The van der Waals surface area contributed by atoms with E-state index in [0.29, 0.717) is 11.8 Å². The van der Waals surface area contributed by atoms with Crippen molar-refractivity contribution in [3.63, 3.8) is 0 Å². The Morgan fingerprint density at radius 3 is 2.14 bits per heavy atom. The molecule has 0 amide bonds. The third-order valence-electron chi connectivity index (χ3n) is 5.61. The highest BCUT2D eigenvalue weighted by Gasteiger charge is 2.30. The lowest BCUT2D eigenvalue weighted by Gasteiger charge is -2.36. The monoisotopic (exact) mass is 303 g/mol. The van der Waals surface area contributed by atoms with Crippen molar-refractivity contribution in [2.45, 2.75) is 65.2 Å². The standard InChI is InChI=1S/C20H30FN/c1-13(2)15-7-9-22(10-8-15)20-12-18(16-5-6-16)17(14(3)4)11-19(20)21/h11-16H,5-10H2,1-4H3. The van der Waals surface area contributed by atoms with E-state index < -0.39 is 0 Å². The molecule has 22 heavy (non-hydrogen) atoms. The fraction of sp³-hybridized carbons (Fsp3) is 0.700. The van der Waals surface area contributed by atoms with Crippen molar-refractivity contribution in [1.29, 1.82) is 0 Å². The second-order valence-electron chi connectivity index (χ2n) is 7.93. The molecule has 1 nitrogen and oxygen atoms in total. The maximum Gasteiger partial charge on any atom is 0.146 e. The number of anilines is 1. The molecule has 122 valence electrons. The Bertz CT molecular complexity index is 523. The first-order valence-corrected chi connectivity index (χ1v) is 9.05. The van der Waals surface area contributed by atoms with Gasteiger partial charge in [-0.05, 0) is 72.6 Å². The molecular formula is C20H30FN. The summed E-state index contributed by atoms with van der Waals surface area (Å²) in [5.74, 6) is 2.63. The summed E-state index contributed by atoms with van der Waals surface area (Å²) >= 11 is 0. The SMILES string of the molecule is CC(C)c1cc(F)c(N2CCC(C(C)C)CC2)cc1C1CC1. The predicted octanol–water partition coefficient (Wildman–Crippen LogP) is 5.70. The first-order valence-electron chi connectivity index (χ1n) is 9.05. The van der Waals surface area contributed by atoms with Gasteiger partial charge in [0.1, 0.15) is 5.82 Å². The summed E-state index contributed by atoms with van der Waals surface area (Å²) in [6, 6.07) is 4.00. The van der Waals surface area contributed by atoms with Gasteiger partial charge in [-0.15, -0.1) is 0 Å². The summed E-state index contributed by atoms with van der Waals surface area (Å²) in [6.07, 6.45) is 4.95. The Balaban J connectivity index is 1.83. The van der Waals surface area contributed by atoms with Gasteiger partial charge in [0.2, 0.25) is 0 Å². The molecule has 0 unspecified atom stereocenters. The zero-order chi connectivity index (χ0) is 15.9. The van der Waals surface area contributed by atoms with Gasteiger partial charge < -0.3 is 4.90 Å². The van der Waals surface area contributed by atoms with Crippen LogP contribution in [-0.4, -0.2) is 13.1 Å². The summed E-state index contributed by atoms with van der Waals surface area (Å²) in [7, 11) is 0. The molecule has 0 radical (unpaired) electrons. The van der Waals surface area contributed by atoms with E-state index in [-0.39, 0.29) is 5.82 Å². The van der Waals surface area contributed by atoms with Crippen LogP contribution in [0.15, 0.2) is 12.1 Å². The third kappa shape index (κ3) is 3.16. The van der Waals surface area contributed by atoms with E-state index >= 15 is 0 Å². The van der Waals surface area contributed by atoms with Gasteiger partial charge in [0.05, 0.1) is 5.69 Å². The van der Waals surface area contributed by atoms with Gasteiger partial charge in [0.25, 0.3) is 0 Å². The third-order valence-corrected chi connectivity index (χ3v) is 5.61. The smallest absolute Gasteiger partial charge is 0.146 e. The zero-order valence-corrected chi connectivity index (χ0v) is 14.5. The Hall–Kier alpha value is -1.05. The molecule has 1 aliphatic heterocycles. The van der Waals surface area contributed by atoms with Crippen molar-refractivity contribution in [1.82, 2.24) is 0 Å². The fourth-order valence-electron chi connectivity index (χ4n) is 3.89. The second kappa shape index (κ2) is 6.22. The molecule has 0 bridgehead atoms. The molecule has 1 saturated carbocycles. The van der Waals surface area contributed by atoms with Gasteiger partial charge in [-0.25, -0.2) is 4.39 Å². The van der Waals surface area contributed by atoms with Gasteiger partial charge >= 0.3 is 0 Å². The van der Waals surface area contributed by atoms with Crippen LogP contribution in [0.2, 0.25) is 0 Å². The summed E-state index contributed by atoms with van der Waals surface area (Å²) in [5, 5.41) is 0. The topological polar surface area (TPSA) is 3.24 Å². The first kappa shape index (κ1) is 15.8. The molecule has 0 spiro atoms. The van der Waals surface area contributed by atoms with Crippen LogP contribution in [0, 0.1) is 17.7 Å². The number of rotatable bonds is 4. The van der Waals surface area contributed by atoms with E-state index in [1.165, 1.54) is 36.8 Å².